The van der Waals surface area contributed by atoms with Crippen LogP contribution in [0, 0.1) is 34.0 Å². The van der Waals surface area contributed by atoms with Crippen LogP contribution in [-0.4, -0.2) is 21.8 Å². The van der Waals surface area contributed by atoms with Gasteiger partial charge < -0.3 is 5.32 Å². The number of hydrogen-bond acceptors (Lipinski definition) is 4. The van der Waals surface area contributed by atoms with Gasteiger partial charge in [0.2, 0.25) is 5.91 Å². The van der Waals surface area contributed by atoms with Crippen LogP contribution in [0.5, 0.6) is 0 Å². The van der Waals surface area contributed by atoms with Crippen LogP contribution in [-0.2, 0) is 4.79 Å². The minimum atomic E-state index is -0.747. The van der Waals surface area contributed by atoms with E-state index in [2.05, 4.69) is 49.3 Å². The van der Waals surface area contributed by atoms with Crippen LogP contribution >= 0.6 is 43.6 Å². The van der Waals surface area contributed by atoms with Gasteiger partial charge in [-0.2, -0.15) is 10.5 Å². The Morgan fingerprint density at radius 2 is 2.05 bits per heavy atom. The first kappa shape index (κ1) is 17.8. The molecule has 0 unspecified atom stereocenters. The highest BCUT2D eigenvalue weighted by molar-refractivity contribution is 9.12. The molecule has 1 amide bonds. The zero-order valence-electron chi connectivity index (χ0n) is 12.1. The molecule has 0 radical (unpaired) electrons. The number of carbonyl (C=O) groups is 1. The number of halogens is 2. The minimum Gasteiger partial charge on any atom is -0.319 e. The number of hydrogen-bond donors (Lipinski definition) is 1. The number of thioether (sulfide) groups is 1. The molecule has 118 valence electrons. The molecular formula is C15H17Br2N3OS. The predicted molar refractivity (Wildman–Crippen MR) is 94.4 cm³/mol. The molecule has 0 saturated heterocycles. The lowest BCUT2D eigenvalue weighted by atomic mass is 9.61. The highest BCUT2D eigenvalue weighted by Gasteiger charge is 2.51. The molecule has 4 nitrogen and oxygen atoms in total. The van der Waals surface area contributed by atoms with E-state index in [1.54, 1.807) is 0 Å². The third kappa shape index (κ3) is 3.37. The van der Waals surface area contributed by atoms with E-state index in [0.717, 1.165) is 43.2 Å². The Morgan fingerprint density at radius 1 is 1.36 bits per heavy atom. The van der Waals surface area contributed by atoms with Gasteiger partial charge >= 0.3 is 0 Å². The van der Waals surface area contributed by atoms with Crippen LogP contribution in [0.4, 0.5) is 0 Å². The van der Waals surface area contributed by atoms with Gasteiger partial charge in [-0.05, 0) is 12.8 Å². The Morgan fingerprint density at radius 3 is 2.59 bits per heavy atom. The van der Waals surface area contributed by atoms with Gasteiger partial charge in [-0.15, -0.1) is 11.8 Å². The Labute approximate surface area is 152 Å². The summed E-state index contributed by atoms with van der Waals surface area (Å²) in [6, 6.07) is 4.46. The Balaban J connectivity index is 2.39. The second-order valence-electron chi connectivity index (χ2n) is 5.65. The fraction of sp³-hybridized carbons (Fsp3) is 0.667. The molecule has 1 heterocycles. The first-order valence-electron chi connectivity index (χ1n) is 7.27. The molecule has 0 bridgehead atoms. The molecular weight excluding hydrogens is 430 g/mol. The molecule has 2 rings (SSSR count). The van der Waals surface area contributed by atoms with Crippen molar-refractivity contribution in [3.63, 3.8) is 0 Å². The van der Waals surface area contributed by atoms with E-state index in [9.17, 15) is 15.3 Å². The minimum absolute atomic E-state index is 0.254. The third-order valence-electron chi connectivity index (χ3n) is 4.34. The standard InChI is InChI=1S/C15H17Br2N3OS/c16-6-10(17)9-22-14-12(8-19)15(4-2-1-3-5-15)11(7-18)13(21)20-14/h10-11H,1-6,9H2,(H,20,21)/t10-,11-/m1/s1. The Bertz CT molecular complexity index is 558. The largest absolute Gasteiger partial charge is 0.319 e. The molecule has 1 spiro atoms. The van der Waals surface area contributed by atoms with Gasteiger partial charge in [0.25, 0.3) is 0 Å². The number of nitriles is 2. The van der Waals surface area contributed by atoms with E-state index in [-0.39, 0.29) is 10.7 Å². The summed E-state index contributed by atoms with van der Waals surface area (Å²) in [5.74, 6) is -0.252. The number of allylic oxidation sites excluding steroid dienone is 1. The van der Waals surface area contributed by atoms with Crippen molar-refractivity contribution in [3.05, 3.63) is 10.6 Å². The number of nitrogens with one attached hydrogen (secondary N) is 1. The first-order valence-corrected chi connectivity index (χ1v) is 10.3. The molecule has 1 aliphatic heterocycles. The average molecular weight is 447 g/mol. The maximum Gasteiger partial charge on any atom is 0.243 e. The Hall–Kier alpha value is -0.500. The van der Waals surface area contributed by atoms with Crippen molar-refractivity contribution >= 4 is 49.5 Å². The molecule has 0 aromatic carbocycles. The normalized spacial score (nSPS) is 25.3. The van der Waals surface area contributed by atoms with E-state index in [1.807, 2.05) is 0 Å². The summed E-state index contributed by atoms with van der Waals surface area (Å²) in [4.78, 5) is 12.6. The van der Waals surface area contributed by atoms with Crippen LogP contribution in [0.1, 0.15) is 32.1 Å². The predicted octanol–water partition coefficient (Wildman–Crippen LogP) is 3.83. The summed E-state index contributed by atoms with van der Waals surface area (Å²) in [6.07, 6.45) is 4.55. The molecule has 2 aliphatic rings. The molecule has 0 aromatic heterocycles. The molecule has 22 heavy (non-hydrogen) atoms. The van der Waals surface area contributed by atoms with E-state index in [0.29, 0.717) is 10.6 Å². The van der Waals surface area contributed by atoms with E-state index >= 15 is 0 Å². The second kappa shape index (κ2) is 7.86. The third-order valence-corrected chi connectivity index (χ3v) is 8.23. The van der Waals surface area contributed by atoms with Crippen molar-refractivity contribution in [2.24, 2.45) is 11.3 Å². The SMILES string of the molecule is N#CC1=C(SC[C@H](Br)CBr)NC(=O)[C@@H](C#N)C12CCCCC2. The fourth-order valence-corrected chi connectivity index (χ4v) is 5.22. The molecule has 1 N–H and O–H groups in total. The number of rotatable bonds is 4. The van der Waals surface area contributed by atoms with Gasteiger partial charge in [0, 0.05) is 21.3 Å². The summed E-state index contributed by atoms with van der Waals surface area (Å²) < 4.78 is 0. The lowest BCUT2D eigenvalue weighted by molar-refractivity contribution is -0.126. The number of amides is 1. The molecule has 0 aromatic rings. The van der Waals surface area contributed by atoms with Gasteiger partial charge in [-0.25, -0.2) is 0 Å². The van der Waals surface area contributed by atoms with Crippen molar-refractivity contribution < 1.29 is 4.79 Å². The average Bonchev–Trinajstić information content (AvgIpc) is 2.53. The highest BCUT2D eigenvalue weighted by Crippen LogP contribution is 2.52. The van der Waals surface area contributed by atoms with Crippen molar-refractivity contribution in [1.29, 1.82) is 10.5 Å². The van der Waals surface area contributed by atoms with E-state index < -0.39 is 11.3 Å². The summed E-state index contributed by atoms with van der Waals surface area (Å²) in [5, 5.41) is 23.4. The van der Waals surface area contributed by atoms with Crippen LogP contribution in [0.2, 0.25) is 0 Å². The van der Waals surface area contributed by atoms with E-state index in [4.69, 9.17) is 0 Å². The van der Waals surface area contributed by atoms with E-state index in [1.165, 1.54) is 11.8 Å². The maximum atomic E-state index is 12.4. The quantitative estimate of drug-likeness (QED) is 0.665. The molecule has 1 aliphatic carbocycles. The van der Waals surface area contributed by atoms with Gasteiger partial charge in [0.1, 0.15) is 5.92 Å². The second-order valence-corrected chi connectivity index (χ2v) is 8.62. The molecule has 2 atom stereocenters. The van der Waals surface area contributed by atoms with Gasteiger partial charge in [0.15, 0.2) is 0 Å². The lowest BCUT2D eigenvalue weighted by Crippen LogP contribution is -2.48. The maximum absolute atomic E-state index is 12.4. The van der Waals surface area contributed by atoms with Crippen LogP contribution in [0.25, 0.3) is 0 Å². The Kier molecular flexibility index (Phi) is 6.37. The summed E-state index contributed by atoms with van der Waals surface area (Å²) in [6.45, 7) is 0. The summed E-state index contributed by atoms with van der Waals surface area (Å²) >= 11 is 8.42. The smallest absolute Gasteiger partial charge is 0.243 e. The van der Waals surface area contributed by atoms with Crippen LogP contribution in [0.3, 0.4) is 0 Å². The van der Waals surface area contributed by atoms with Crippen molar-refractivity contribution in [3.8, 4) is 12.1 Å². The topological polar surface area (TPSA) is 76.7 Å². The van der Waals surface area contributed by atoms with Gasteiger partial charge in [0.05, 0.1) is 22.7 Å². The summed E-state index contributed by atoms with van der Waals surface area (Å²) in [7, 11) is 0. The number of nitrogens with zero attached hydrogens (tertiary/aromatic N) is 2. The van der Waals surface area contributed by atoms with Crippen molar-refractivity contribution in [2.45, 2.75) is 36.9 Å². The zero-order chi connectivity index (χ0) is 16.2. The first-order chi connectivity index (χ1) is 10.6. The molecule has 1 fully saturated rings. The molecule has 1 saturated carbocycles. The van der Waals surface area contributed by atoms with Crippen LogP contribution < -0.4 is 5.32 Å². The number of alkyl halides is 2. The van der Waals surface area contributed by atoms with Crippen molar-refractivity contribution in [2.75, 3.05) is 11.1 Å². The van der Waals surface area contributed by atoms with Gasteiger partial charge in [-0.1, -0.05) is 51.1 Å². The van der Waals surface area contributed by atoms with Crippen molar-refractivity contribution in [1.82, 2.24) is 5.32 Å². The number of carbonyl (C=O) groups excluding carboxylic acids is 1. The fourth-order valence-electron chi connectivity index (χ4n) is 3.26. The monoisotopic (exact) mass is 445 g/mol. The summed E-state index contributed by atoms with van der Waals surface area (Å²) in [5.41, 5.74) is 0.0282. The van der Waals surface area contributed by atoms with Gasteiger partial charge in [-0.3, -0.25) is 4.79 Å². The lowest BCUT2D eigenvalue weighted by Gasteiger charge is -2.43. The highest BCUT2D eigenvalue weighted by atomic mass is 79.9. The van der Waals surface area contributed by atoms with Crippen LogP contribution in [0.15, 0.2) is 10.6 Å². The molecule has 7 heteroatoms. The zero-order valence-corrected chi connectivity index (χ0v) is 16.1.